The van der Waals surface area contributed by atoms with Crippen LogP contribution in [0.3, 0.4) is 0 Å². The van der Waals surface area contributed by atoms with Gasteiger partial charge in [-0.2, -0.15) is 5.10 Å². The molecule has 4 aromatic rings. The number of nitrogens with zero attached hydrogens (tertiary/aromatic N) is 9. The first kappa shape index (κ1) is 33.2. The summed E-state index contributed by atoms with van der Waals surface area (Å²) in [6.07, 6.45) is 3.92. The van der Waals surface area contributed by atoms with Crippen LogP contribution in [-0.4, -0.2) is 82.6 Å². The number of tetrazole rings is 1. The number of piperidine rings is 1. The largest absolute Gasteiger partial charge is 0.444 e. The topological polar surface area (TPSA) is 150 Å². The molecule has 4 heterocycles. The summed E-state index contributed by atoms with van der Waals surface area (Å²) in [6, 6.07) is 10.7. The fraction of sp³-hybridized carbons (Fsp3) is 0.455. The van der Waals surface area contributed by atoms with Crippen LogP contribution in [0.15, 0.2) is 48.8 Å². The number of amides is 2. The minimum Gasteiger partial charge on any atom is -0.444 e. The minimum atomic E-state index is -0.725. The van der Waals surface area contributed by atoms with Crippen molar-refractivity contribution in [3.8, 4) is 22.6 Å². The van der Waals surface area contributed by atoms with Crippen molar-refractivity contribution in [1.82, 2.24) is 39.9 Å². The summed E-state index contributed by atoms with van der Waals surface area (Å²) in [6.45, 7) is 11.7. The van der Waals surface area contributed by atoms with Gasteiger partial charge >= 0.3 is 12.1 Å². The lowest BCUT2D eigenvalue weighted by Crippen LogP contribution is -2.53. The van der Waals surface area contributed by atoms with Gasteiger partial charge in [-0.15, -0.1) is 15.0 Å². The number of ether oxygens (including phenoxy) is 2. The second-order valence-electron chi connectivity index (χ2n) is 12.5. The van der Waals surface area contributed by atoms with E-state index in [-0.39, 0.29) is 24.3 Å². The third kappa shape index (κ3) is 7.47. The molecule has 248 valence electrons. The Balaban J connectivity index is 1.42. The van der Waals surface area contributed by atoms with E-state index in [1.54, 1.807) is 59.9 Å². The Bertz CT molecular complexity index is 1740. The molecule has 1 aromatic carbocycles. The van der Waals surface area contributed by atoms with Gasteiger partial charge in [0, 0.05) is 43.9 Å². The van der Waals surface area contributed by atoms with Crippen LogP contribution in [0.5, 0.6) is 0 Å². The molecule has 0 radical (unpaired) electrons. The summed E-state index contributed by atoms with van der Waals surface area (Å²) in [5, 5.41) is 17.1. The SMILES string of the molecule is CCC(=O)OC(C)n1nnc(-c2c(-c3ccc(C(=O)N(c4ncccc4C)C4CCCN(C(=O)OC(C)(C)C)C4)cc3)cnn2C)n1. The maximum absolute atomic E-state index is 14.3. The average Bonchev–Trinajstić information content (AvgIpc) is 3.68. The van der Waals surface area contributed by atoms with E-state index < -0.39 is 17.9 Å². The van der Waals surface area contributed by atoms with Crippen molar-refractivity contribution >= 4 is 23.8 Å². The van der Waals surface area contributed by atoms with Gasteiger partial charge in [-0.3, -0.25) is 19.2 Å². The van der Waals surface area contributed by atoms with Crippen LogP contribution in [0.2, 0.25) is 0 Å². The highest BCUT2D eigenvalue weighted by atomic mass is 16.6. The third-order valence-corrected chi connectivity index (χ3v) is 7.78. The Morgan fingerprint density at radius 3 is 2.55 bits per heavy atom. The van der Waals surface area contributed by atoms with Gasteiger partial charge in [-0.05, 0) is 82.0 Å². The lowest BCUT2D eigenvalue weighted by Gasteiger charge is -2.39. The van der Waals surface area contributed by atoms with E-state index in [0.29, 0.717) is 42.4 Å². The number of benzene rings is 1. The van der Waals surface area contributed by atoms with E-state index in [2.05, 4.69) is 25.5 Å². The van der Waals surface area contributed by atoms with E-state index in [0.717, 1.165) is 23.1 Å². The highest BCUT2D eigenvalue weighted by Crippen LogP contribution is 2.31. The van der Waals surface area contributed by atoms with Gasteiger partial charge in [0.25, 0.3) is 5.91 Å². The molecule has 2 amide bonds. The molecule has 0 bridgehead atoms. The first-order valence-electron chi connectivity index (χ1n) is 15.7. The van der Waals surface area contributed by atoms with Gasteiger partial charge in [-0.25, -0.2) is 9.78 Å². The number of hydrogen-bond donors (Lipinski definition) is 0. The number of pyridine rings is 1. The summed E-state index contributed by atoms with van der Waals surface area (Å²) in [4.78, 5) is 48.2. The van der Waals surface area contributed by atoms with Crippen molar-refractivity contribution in [3.63, 3.8) is 0 Å². The minimum absolute atomic E-state index is 0.221. The van der Waals surface area contributed by atoms with Crippen LogP contribution in [-0.2, 0) is 21.3 Å². The lowest BCUT2D eigenvalue weighted by atomic mass is 10.0. The summed E-state index contributed by atoms with van der Waals surface area (Å²) < 4.78 is 12.6. The predicted octanol–water partition coefficient (Wildman–Crippen LogP) is 4.96. The van der Waals surface area contributed by atoms with Crippen molar-refractivity contribution < 1.29 is 23.9 Å². The van der Waals surface area contributed by atoms with Crippen LogP contribution in [0.1, 0.15) is 76.0 Å². The first-order chi connectivity index (χ1) is 22.4. The Labute approximate surface area is 273 Å². The van der Waals surface area contributed by atoms with Crippen LogP contribution in [0, 0.1) is 6.92 Å². The number of likely N-dealkylation sites (tertiary alicyclic amines) is 1. The highest BCUT2D eigenvalue weighted by Gasteiger charge is 2.35. The molecular weight excluding hydrogens is 602 g/mol. The quantitative estimate of drug-likeness (QED) is 0.241. The average molecular weight is 644 g/mol. The van der Waals surface area contributed by atoms with Gasteiger partial charge in [-0.1, -0.05) is 25.1 Å². The van der Waals surface area contributed by atoms with Gasteiger partial charge in [0.2, 0.25) is 12.1 Å². The smallest absolute Gasteiger partial charge is 0.410 e. The van der Waals surface area contributed by atoms with E-state index in [1.165, 1.54) is 4.80 Å². The maximum atomic E-state index is 14.3. The second-order valence-corrected chi connectivity index (χ2v) is 12.5. The van der Waals surface area contributed by atoms with E-state index in [9.17, 15) is 14.4 Å². The number of carbonyl (C=O) groups excluding carboxylic acids is 3. The molecule has 0 aliphatic carbocycles. The number of esters is 1. The molecule has 14 nitrogen and oxygen atoms in total. The first-order valence-corrected chi connectivity index (χ1v) is 15.7. The lowest BCUT2D eigenvalue weighted by molar-refractivity contribution is -0.153. The normalized spacial score (nSPS) is 15.6. The summed E-state index contributed by atoms with van der Waals surface area (Å²) in [7, 11) is 1.77. The van der Waals surface area contributed by atoms with Crippen molar-refractivity contribution in [2.45, 2.75) is 78.7 Å². The zero-order chi connectivity index (χ0) is 33.9. The van der Waals surface area contributed by atoms with Crippen LogP contribution < -0.4 is 4.90 Å². The molecular formula is C33H41N9O5. The van der Waals surface area contributed by atoms with Crippen molar-refractivity contribution in [1.29, 1.82) is 0 Å². The molecule has 1 fully saturated rings. The third-order valence-electron chi connectivity index (χ3n) is 7.78. The van der Waals surface area contributed by atoms with Gasteiger partial charge in [0.05, 0.1) is 12.2 Å². The van der Waals surface area contributed by atoms with Crippen molar-refractivity contribution in [3.05, 3.63) is 59.9 Å². The molecule has 0 spiro atoms. The zero-order valence-corrected chi connectivity index (χ0v) is 27.9. The molecule has 2 atom stereocenters. The Hall–Kier alpha value is -5.14. The van der Waals surface area contributed by atoms with E-state index in [1.807, 2.05) is 52.0 Å². The molecule has 1 aliphatic heterocycles. The molecule has 47 heavy (non-hydrogen) atoms. The van der Waals surface area contributed by atoms with Gasteiger partial charge in [0.1, 0.15) is 17.1 Å². The molecule has 0 saturated carbocycles. The molecule has 0 N–H and O–H groups in total. The van der Waals surface area contributed by atoms with Crippen LogP contribution in [0.25, 0.3) is 22.6 Å². The monoisotopic (exact) mass is 643 g/mol. The Kier molecular flexibility index (Phi) is 9.68. The predicted molar refractivity (Wildman–Crippen MR) is 173 cm³/mol. The maximum Gasteiger partial charge on any atom is 0.410 e. The van der Waals surface area contributed by atoms with Gasteiger partial charge in [0.15, 0.2) is 0 Å². The van der Waals surface area contributed by atoms with Crippen LogP contribution in [0.4, 0.5) is 10.6 Å². The van der Waals surface area contributed by atoms with E-state index in [4.69, 9.17) is 9.47 Å². The summed E-state index contributed by atoms with van der Waals surface area (Å²) in [5.74, 6) is 0.275. The number of carbonyl (C=O) groups is 3. The van der Waals surface area contributed by atoms with Gasteiger partial charge < -0.3 is 14.4 Å². The number of aryl methyl sites for hydroxylation is 2. The molecule has 1 saturated heterocycles. The molecule has 14 heteroatoms. The number of aromatic nitrogens is 7. The Morgan fingerprint density at radius 1 is 1.13 bits per heavy atom. The molecule has 1 aliphatic rings. The van der Waals surface area contributed by atoms with Crippen LogP contribution >= 0.6 is 0 Å². The standard InChI is InChI=1S/C33H41N9O5/c1-8-27(43)46-22(3)42-37-29(36-38-42)28-26(19-35-39(28)7)23-13-15-24(16-14-23)31(44)41(30-21(2)11-9-17-34-30)25-12-10-18-40(20-25)32(45)47-33(4,5)6/h9,11,13-17,19,22,25H,8,10,12,18,20H2,1-7H3. The highest BCUT2D eigenvalue weighted by molar-refractivity contribution is 6.06. The molecule has 3 aromatic heterocycles. The number of rotatable bonds is 8. The molecule has 5 rings (SSSR count). The fourth-order valence-electron chi connectivity index (χ4n) is 5.46. The van der Waals surface area contributed by atoms with Crippen molar-refractivity contribution in [2.75, 3.05) is 18.0 Å². The summed E-state index contributed by atoms with van der Waals surface area (Å²) in [5.41, 5.74) is 2.84. The van der Waals surface area contributed by atoms with Crippen molar-refractivity contribution in [2.24, 2.45) is 7.05 Å². The number of anilines is 1. The molecule has 2 unspecified atom stereocenters. The number of hydrogen-bond acceptors (Lipinski definition) is 10. The Morgan fingerprint density at radius 2 is 1.87 bits per heavy atom. The summed E-state index contributed by atoms with van der Waals surface area (Å²) >= 11 is 0. The fourth-order valence-corrected chi connectivity index (χ4v) is 5.46. The zero-order valence-electron chi connectivity index (χ0n) is 27.9. The van der Waals surface area contributed by atoms with E-state index >= 15 is 0 Å². The second kappa shape index (κ2) is 13.7.